The largest absolute Gasteiger partial charge is 0.493 e. The lowest BCUT2D eigenvalue weighted by Gasteiger charge is -2.25. The molecule has 0 bridgehead atoms. The monoisotopic (exact) mass is 304 g/mol. The zero-order valence-corrected chi connectivity index (χ0v) is 14.3. The van der Waals surface area contributed by atoms with Crippen molar-refractivity contribution >= 4 is 0 Å². The Kier molecular flexibility index (Phi) is 5.72. The van der Waals surface area contributed by atoms with Gasteiger partial charge in [-0.1, -0.05) is 6.58 Å². The highest BCUT2D eigenvalue weighted by Gasteiger charge is 2.19. The molecular weight excluding hydrogens is 276 g/mol. The molecule has 122 valence electrons. The molecular formula is C18H28N2O2. The third kappa shape index (κ3) is 3.95. The summed E-state index contributed by atoms with van der Waals surface area (Å²) in [5.74, 6) is 1.61. The van der Waals surface area contributed by atoms with Gasteiger partial charge in [-0.2, -0.15) is 0 Å². The Morgan fingerprint density at radius 1 is 1.14 bits per heavy atom. The minimum atomic E-state index is 0.801. The molecule has 0 saturated heterocycles. The molecule has 4 heteroatoms. The zero-order valence-electron chi connectivity index (χ0n) is 14.3. The van der Waals surface area contributed by atoms with E-state index in [2.05, 4.69) is 42.6 Å². The molecule has 22 heavy (non-hydrogen) atoms. The van der Waals surface area contributed by atoms with Crippen LogP contribution in [-0.2, 0) is 12.8 Å². The van der Waals surface area contributed by atoms with Gasteiger partial charge in [-0.25, -0.2) is 0 Å². The molecule has 0 aliphatic carbocycles. The summed E-state index contributed by atoms with van der Waals surface area (Å²) >= 11 is 0. The van der Waals surface area contributed by atoms with E-state index in [-0.39, 0.29) is 0 Å². The SMILES string of the molecule is C=C1Cc2cc(OC)c(OC)cc2CCN1CCCN(C)C. The number of methoxy groups -OCH3 is 2. The van der Waals surface area contributed by atoms with Crippen LogP contribution in [0.5, 0.6) is 11.5 Å². The van der Waals surface area contributed by atoms with Crippen LogP contribution in [-0.4, -0.2) is 57.7 Å². The second-order valence-electron chi connectivity index (χ2n) is 6.11. The lowest BCUT2D eigenvalue weighted by Crippen LogP contribution is -2.27. The number of allylic oxidation sites excluding steroid dienone is 1. The Morgan fingerprint density at radius 3 is 2.36 bits per heavy atom. The van der Waals surface area contributed by atoms with E-state index in [1.54, 1.807) is 14.2 Å². The van der Waals surface area contributed by atoms with E-state index in [1.165, 1.54) is 16.8 Å². The van der Waals surface area contributed by atoms with Gasteiger partial charge in [0.15, 0.2) is 11.5 Å². The normalized spacial score (nSPS) is 14.8. The molecule has 2 rings (SSSR count). The molecule has 0 spiro atoms. The van der Waals surface area contributed by atoms with Crippen LogP contribution in [0.25, 0.3) is 0 Å². The second-order valence-corrected chi connectivity index (χ2v) is 6.11. The van der Waals surface area contributed by atoms with Gasteiger partial charge in [0.05, 0.1) is 14.2 Å². The average molecular weight is 304 g/mol. The molecule has 1 aliphatic heterocycles. The van der Waals surface area contributed by atoms with Crippen molar-refractivity contribution in [1.29, 1.82) is 0 Å². The molecule has 0 saturated carbocycles. The molecule has 0 unspecified atom stereocenters. The van der Waals surface area contributed by atoms with Gasteiger partial charge in [0, 0.05) is 25.2 Å². The van der Waals surface area contributed by atoms with Crippen molar-refractivity contribution in [2.75, 3.05) is 47.9 Å². The van der Waals surface area contributed by atoms with Crippen LogP contribution >= 0.6 is 0 Å². The topological polar surface area (TPSA) is 24.9 Å². The van der Waals surface area contributed by atoms with E-state index in [4.69, 9.17) is 9.47 Å². The van der Waals surface area contributed by atoms with Gasteiger partial charge in [0.1, 0.15) is 0 Å². The van der Waals surface area contributed by atoms with E-state index in [1.807, 2.05) is 0 Å². The Bertz CT molecular complexity index is 526. The van der Waals surface area contributed by atoms with Crippen molar-refractivity contribution in [2.24, 2.45) is 0 Å². The Labute approximate surface area is 134 Å². The first kappa shape index (κ1) is 16.7. The maximum atomic E-state index is 5.42. The van der Waals surface area contributed by atoms with Crippen molar-refractivity contribution in [2.45, 2.75) is 19.3 Å². The fourth-order valence-electron chi connectivity index (χ4n) is 2.95. The van der Waals surface area contributed by atoms with Crippen molar-refractivity contribution < 1.29 is 9.47 Å². The quantitative estimate of drug-likeness (QED) is 0.806. The van der Waals surface area contributed by atoms with E-state index in [9.17, 15) is 0 Å². The first-order chi connectivity index (χ1) is 10.5. The minimum Gasteiger partial charge on any atom is -0.493 e. The van der Waals surface area contributed by atoms with E-state index in [0.29, 0.717) is 0 Å². The first-order valence-corrected chi connectivity index (χ1v) is 7.86. The summed E-state index contributed by atoms with van der Waals surface area (Å²) in [4.78, 5) is 4.65. The van der Waals surface area contributed by atoms with Gasteiger partial charge in [0.2, 0.25) is 0 Å². The number of benzene rings is 1. The standard InChI is InChI=1S/C18H28N2O2/c1-14-11-16-13-18(22-5)17(21-4)12-15(16)7-10-20(14)9-6-8-19(2)3/h12-13H,1,6-11H2,2-5H3. The molecule has 0 amide bonds. The van der Waals surface area contributed by atoms with Crippen LogP contribution in [0.4, 0.5) is 0 Å². The lowest BCUT2D eigenvalue weighted by atomic mass is 10.0. The van der Waals surface area contributed by atoms with Crippen molar-refractivity contribution in [3.8, 4) is 11.5 Å². The third-order valence-corrected chi connectivity index (χ3v) is 4.23. The van der Waals surface area contributed by atoms with Gasteiger partial charge in [-0.15, -0.1) is 0 Å². The van der Waals surface area contributed by atoms with Gasteiger partial charge in [-0.05, 0) is 56.7 Å². The fraction of sp³-hybridized carbons (Fsp3) is 0.556. The van der Waals surface area contributed by atoms with E-state index in [0.717, 1.165) is 50.4 Å². The zero-order chi connectivity index (χ0) is 16.1. The molecule has 1 aromatic carbocycles. The van der Waals surface area contributed by atoms with Gasteiger partial charge < -0.3 is 19.3 Å². The summed E-state index contributed by atoms with van der Waals surface area (Å²) in [5.41, 5.74) is 3.84. The Balaban J connectivity index is 2.11. The average Bonchev–Trinajstić information content (AvgIpc) is 2.64. The second kappa shape index (κ2) is 7.54. The lowest BCUT2D eigenvalue weighted by molar-refractivity contribution is 0.310. The Hall–Kier alpha value is -1.68. The highest BCUT2D eigenvalue weighted by atomic mass is 16.5. The predicted molar refractivity (Wildman–Crippen MR) is 90.8 cm³/mol. The molecule has 1 aliphatic rings. The van der Waals surface area contributed by atoms with Crippen LogP contribution in [0.3, 0.4) is 0 Å². The first-order valence-electron chi connectivity index (χ1n) is 7.86. The smallest absolute Gasteiger partial charge is 0.161 e. The van der Waals surface area contributed by atoms with E-state index >= 15 is 0 Å². The van der Waals surface area contributed by atoms with Crippen LogP contribution < -0.4 is 9.47 Å². The number of hydrogen-bond donors (Lipinski definition) is 0. The highest BCUT2D eigenvalue weighted by Crippen LogP contribution is 2.33. The van der Waals surface area contributed by atoms with Crippen molar-refractivity contribution in [3.63, 3.8) is 0 Å². The molecule has 0 radical (unpaired) electrons. The van der Waals surface area contributed by atoms with Crippen LogP contribution in [0.1, 0.15) is 17.5 Å². The molecule has 0 N–H and O–H groups in total. The van der Waals surface area contributed by atoms with Crippen LogP contribution in [0, 0.1) is 0 Å². The maximum absolute atomic E-state index is 5.42. The number of nitrogens with zero attached hydrogens (tertiary/aromatic N) is 2. The number of ether oxygens (including phenoxy) is 2. The summed E-state index contributed by atoms with van der Waals surface area (Å²) in [6, 6.07) is 4.22. The summed E-state index contributed by atoms with van der Waals surface area (Å²) in [7, 11) is 7.61. The van der Waals surface area contributed by atoms with Crippen LogP contribution in [0.15, 0.2) is 24.4 Å². The van der Waals surface area contributed by atoms with E-state index < -0.39 is 0 Å². The summed E-state index contributed by atoms with van der Waals surface area (Å²) in [5, 5.41) is 0. The number of fused-ring (bicyclic) bond motifs is 1. The molecule has 0 aromatic heterocycles. The molecule has 1 aromatic rings. The van der Waals surface area contributed by atoms with Crippen molar-refractivity contribution in [3.05, 3.63) is 35.5 Å². The molecule has 0 fully saturated rings. The third-order valence-electron chi connectivity index (χ3n) is 4.23. The minimum absolute atomic E-state index is 0.801. The number of rotatable bonds is 6. The Morgan fingerprint density at radius 2 is 1.77 bits per heavy atom. The molecule has 0 atom stereocenters. The summed E-state index contributed by atoms with van der Waals surface area (Å²) in [6.07, 6.45) is 3.07. The number of hydrogen-bond acceptors (Lipinski definition) is 4. The van der Waals surface area contributed by atoms with Gasteiger partial charge >= 0.3 is 0 Å². The van der Waals surface area contributed by atoms with Gasteiger partial charge in [-0.3, -0.25) is 0 Å². The summed E-state index contributed by atoms with van der Waals surface area (Å²) < 4.78 is 10.8. The maximum Gasteiger partial charge on any atom is 0.161 e. The van der Waals surface area contributed by atoms with Crippen molar-refractivity contribution in [1.82, 2.24) is 9.80 Å². The molecule has 4 nitrogen and oxygen atoms in total. The van der Waals surface area contributed by atoms with Crippen LogP contribution in [0.2, 0.25) is 0 Å². The highest BCUT2D eigenvalue weighted by molar-refractivity contribution is 5.49. The summed E-state index contributed by atoms with van der Waals surface area (Å²) in [6.45, 7) is 7.49. The fourth-order valence-corrected chi connectivity index (χ4v) is 2.95. The molecule has 1 heterocycles. The van der Waals surface area contributed by atoms with Gasteiger partial charge in [0.25, 0.3) is 0 Å². The predicted octanol–water partition coefficient (Wildman–Crippen LogP) is 2.57.